The van der Waals surface area contributed by atoms with E-state index in [1.165, 1.54) is 0 Å². The molecule has 2 aromatic rings. The molecule has 0 aromatic heterocycles. The standard InChI is InChI=1S/C21H25N3O3/c1-13(2)19(16-6-8-17(9-7-16)20(25)24-27)12-22-21(26)23-18-10-5-14(3)15(4)11-18/h5-13,19,27H,1-4H3,(H,23,26)(H,24,25). The maximum absolute atomic E-state index is 12.2. The van der Waals surface area contributed by atoms with E-state index in [1.807, 2.05) is 45.9 Å². The largest absolute Gasteiger partial charge is 0.345 e. The molecule has 0 saturated heterocycles. The summed E-state index contributed by atoms with van der Waals surface area (Å²) >= 11 is 0. The molecule has 3 N–H and O–H groups in total. The molecule has 1 atom stereocenters. The van der Waals surface area contributed by atoms with Crippen molar-refractivity contribution in [1.29, 1.82) is 0 Å². The Morgan fingerprint density at radius 2 is 1.70 bits per heavy atom. The Morgan fingerprint density at radius 1 is 1.04 bits per heavy atom. The average Bonchev–Trinajstić information content (AvgIpc) is 2.64. The first-order chi connectivity index (χ1) is 12.8. The van der Waals surface area contributed by atoms with Gasteiger partial charge in [-0.3, -0.25) is 10.0 Å². The summed E-state index contributed by atoms with van der Waals surface area (Å²) in [6.07, 6.45) is 1.63. The summed E-state index contributed by atoms with van der Waals surface area (Å²) in [4.78, 5) is 27.6. The van der Waals surface area contributed by atoms with Crippen molar-refractivity contribution >= 4 is 23.8 Å². The van der Waals surface area contributed by atoms with Crippen LogP contribution in [0.15, 0.2) is 47.5 Å². The molecule has 2 rings (SSSR count). The second kappa shape index (κ2) is 9.09. The van der Waals surface area contributed by atoms with Crippen LogP contribution in [0.2, 0.25) is 0 Å². The summed E-state index contributed by atoms with van der Waals surface area (Å²) in [6.45, 7) is 8.07. The number of anilines is 1. The molecule has 0 aliphatic carbocycles. The van der Waals surface area contributed by atoms with Crippen LogP contribution in [0.5, 0.6) is 0 Å². The third-order valence-corrected chi connectivity index (χ3v) is 4.49. The van der Waals surface area contributed by atoms with Crippen molar-refractivity contribution < 1.29 is 14.8 Å². The molecule has 6 heteroatoms. The van der Waals surface area contributed by atoms with Crippen LogP contribution in [0, 0.1) is 19.8 Å². The van der Waals surface area contributed by atoms with E-state index < -0.39 is 11.9 Å². The van der Waals surface area contributed by atoms with E-state index in [1.54, 1.807) is 36.0 Å². The highest BCUT2D eigenvalue weighted by Gasteiger charge is 2.15. The van der Waals surface area contributed by atoms with Gasteiger partial charge in [-0.25, -0.2) is 15.3 Å². The van der Waals surface area contributed by atoms with E-state index in [0.717, 1.165) is 16.7 Å². The fourth-order valence-electron chi connectivity index (χ4n) is 2.69. The van der Waals surface area contributed by atoms with E-state index >= 15 is 0 Å². The second-order valence-electron chi connectivity index (χ2n) is 6.84. The maximum atomic E-state index is 12.2. The van der Waals surface area contributed by atoms with Crippen molar-refractivity contribution in [3.05, 3.63) is 64.7 Å². The molecule has 0 fully saturated rings. The summed E-state index contributed by atoms with van der Waals surface area (Å²) in [5.74, 6) is -0.438. The number of rotatable bonds is 5. The molecule has 2 aromatic carbocycles. The van der Waals surface area contributed by atoms with Gasteiger partial charge in [0.2, 0.25) is 0 Å². The third kappa shape index (κ3) is 5.49. The molecule has 3 amide bonds. The van der Waals surface area contributed by atoms with Gasteiger partial charge in [-0.05, 0) is 60.7 Å². The minimum Gasteiger partial charge on any atom is -0.306 e. The highest BCUT2D eigenvalue weighted by molar-refractivity contribution is 5.96. The molecule has 0 radical (unpaired) electrons. The fourth-order valence-corrected chi connectivity index (χ4v) is 2.69. The van der Waals surface area contributed by atoms with Gasteiger partial charge in [0.1, 0.15) is 0 Å². The molecule has 0 saturated carbocycles. The molecule has 0 spiro atoms. The smallest absolute Gasteiger partial charge is 0.306 e. The number of urea groups is 1. The Morgan fingerprint density at radius 3 is 2.26 bits per heavy atom. The first-order valence-electron chi connectivity index (χ1n) is 8.78. The molecule has 0 bridgehead atoms. The van der Waals surface area contributed by atoms with Gasteiger partial charge in [0.15, 0.2) is 0 Å². The van der Waals surface area contributed by atoms with Gasteiger partial charge < -0.3 is 5.32 Å². The second-order valence-corrected chi connectivity index (χ2v) is 6.84. The first-order valence-corrected chi connectivity index (χ1v) is 8.78. The molecular weight excluding hydrogens is 342 g/mol. The number of amides is 3. The van der Waals surface area contributed by atoms with E-state index in [9.17, 15) is 9.59 Å². The lowest BCUT2D eigenvalue weighted by Crippen LogP contribution is -2.18. The molecule has 1 unspecified atom stereocenters. The van der Waals surface area contributed by atoms with Gasteiger partial charge in [-0.1, -0.05) is 32.0 Å². The lowest BCUT2D eigenvalue weighted by Gasteiger charge is -2.17. The van der Waals surface area contributed by atoms with Crippen LogP contribution in [0.4, 0.5) is 10.5 Å². The number of aryl methyl sites for hydroxylation is 2. The summed E-state index contributed by atoms with van der Waals surface area (Å²) in [6, 6.07) is 12.1. The van der Waals surface area contributed by atoms with Crippen LogP contribution >= 0.6 is 0 Å². The lowest BCUT2D eigenvalue weighted by molar-refractivity contribution is 0.0706. The fraction of sp³-hybridized carbons (Fsp3) is 0.286. The van der Waals surface area contributed by atoms with Crippen molar-refractivity contribution in [3.63, 3.8) is 0 Å². The Labute approximate surface area is 159 Å². The van der Waals surface area contributed by atoms with Crippen LogP contribution < -0.4 is 10.8 Å². The number of hydrogen-bond acceptors (Lipinski definition) is 3. The molecule has 142 valence electrons. The number of hydroxylamine groups is 1. The minimum absolute atomic E-state index is 0.0817. The summed E-state index contributed by atoms with van der Waals surface area (Å²) in [5, 5.41) is 11.5. The average molecular weight is 367 g/mol. The van der Waals surface area contributed by atoms with Crippen LogP contribution in [0.1, 0.15) is 46.8 Å². The molecule has 0 aliphatic heterocycles. The summed E-state index contributed by atoms with van der Waals surface area (Å²) < 4.78 is 0. The van der Waals surface area contributed by atoms with Gasteiger partial charge in [0.25, 0.3) is 5.91 Å². The van der Waals surface area contributed by atoms with Crippen LogP contribution in [0.25, 0.3) is 0 Å². The molecule has 0 heterocycles. The van der Waals surface area contributed by atoms with Crippen molar-refractivity contribution in [2.45, 2.75) is 33.6 Å². The molecule has 27 heavy (non-hydrogen) atoms. The number of nitrogens with one attached hydrogen (secondary N) is 2. The number of hydrogen-bond donors (Lipinski definition) is 3. The predicted octanol–water partition coefficient (Wildman–Crippen LogP) is 4.46. The highest BCUT2D eigenvalue weighted by Crippen LogP contribution is 2.23. The summed E-state index contributed by atoms with van der Waals surface area (Å²) in [5.41, 5.74) is 5.86. The van der Waals surface area contributed by atoms with Crippen molar-refractivity contribution in [2.75, 3.05) is 5.32 Å². The van der Waals surface area contributed by atoms with E-state index in [2.05, 4.69) is 10.3 Å². The zero-order valence-electron chi connectivity index (χ0n) is 16.0. The number of benzene rings is 2. The van der Waals surface area contributed by atoms with Gasteiger partial charge in [0.05, 0.1) is 0 Å². The number of aliphatic imine (C=N–C) groups is 1. The summed E-state index contributed by atoms with van der Waals surface area (Å²) in [7, 11) is 0. The quantitative estimate of drug-likeness (QED) is 0.414. The Bertz CT molecular complexity index is 842. The Kier molecular flexibility index (Phi) is 6.85. The van der Waals surface area contributed by atoms with Crippen LogP contribution in [-0.2, 0) is 0 Å². The van der Waals surface area contributed by atoms with Gasteiger partial charge in [-0.15, -0.1) is 0 Å². The molecular formula is C21H25N3O3. The topological polar surface area (TPSA) is 90.8 Å². The minimum atomic E-state index is -0.566. The lowest BCUT2D eigenvalue weighted by atomic mass is 9.89. The van der Waals surface area contributed by atoms with Gasteiger partial charge in [-0.2, -0.15) is 0 Å². The van der Waals surface area contributed by atoms with Crippen molar-refractivity contribution in [2.24, 2.45) is 10.9 Å². The number of carbonyl (C=O) groups is 2. The highest BCUT2D eigenvalue weighted by atomic mass is 16.5. The zero-order chi connectivity index (χ0) is 20.0. The van der Waals surface area contributed by atoms with Crippen LogP contribution in [0.3, 0.4) is 0 Å². The van der Waals surface area contributed by atoms with E-state index in [0.29, 0.717) is 11.3 Å². The monoisotopic (exact) mass is 367 g/mol. The number of carbonyl (C=O) groups excluding carboxylic acids is 2. The number of nitrogens with zero attached hydrogens (tertiary/aromatic N) is 1. The first kappa shape index (κ1) is 20.3. The maximum Gasteiger partial charge on any atom is 0.345 e. The van der Waals surface area contributed by atoms with E-state index in [-0.39, 0.29) is 11.8 Å². The third-order valence-electron chi connectivity index (χ3n) is 4.49. The van der Waals surface area contributed by atoms with Crippen LogP contribution in [-0.4, -0.2) is 23.4 Å². The van der Waals surface area contributed by atoms with Gasteiger partial charge in [0, 0.05) is 23.4 Å². The SMILES string of the molecule is Cc1ccc(NC(=O)N=CC(c2ccc(C(=O)NO)cc2)C(C)C)cc1C. The molecule has 0 aliphatic rings. The van der Waals surface area contributed by atoms with E-state index in [4.69, 9.17) is 5.21 Å². The van der Waals surface area contributed by atoms with Gasteiger partial charge >= 0.3 is 6.03 Å². The Hall–Kier alpha value is -2.99. The van der Waals surface area contributed by atoms with Crippen molar-refractivity contribution in [3.8, 4) is 0 Å². The predicted molar refractivity (Wildman–Crippen MR) is 107 cm³/mol. The Balaban J connectivity index is 2.11. The zero-order valence-corrected chi connectivity index (χ0v) is 16.0. The normalized spacial score (nSPS) is 12.2. The van der Waals surface area contributed by atoms with Crippen molar-refractivity contribution in [1.82, 2.24) is 5.48 Å². The molecule has 6 nitrogen and oxygen atoms in total.